The Kier molecular flexibility index (Phi) is 6.46. The van der Waals surface area contributed by atoms with Crippen LogP contribution in [0.2, 0.25) is 0 Å². The maximum Gasteiger partial charge on any atom is 0.229 e. The fourth-order valence-corrected chi connectivity index (χ4v) is 5.28. The number of carbonyl (C=O) groups excluding carboxylic acids is 1. The van der Waals surface area contributed by atoms with E-state index in [1.807, 2.05) is 55.7 Å². The Hall–Kier alpha value is -2.86. The highest BCUT2D eigenvalue weighted by Crippen LogP contribution is 2.35. The van der Waals surface area contributed by atoms with Crippen LogP contribution >= 0.6 is 0 Å². The van der Waals surface area contributed by atoms with Crippen molar-refractivity contribution in [2.24, 2.45) is 0 Å². The van der Waals surface area contributed by atoms with Gasteiger partial charge in [-0.3, -0.25) is 4.79 Å². The van der Waals surface area contributed by atoms with Crippen LogP contribution in [0.15, 0.2) is 64.4 Å². The first-order valence-electron chi connectivity index (χ1n) is 10.1. The van der Waals surface area contributed by atoms with E-state index in [0.717, 1.165) is 23.2 Å². The highest BCUT2D eigenvalue weighted by Gasteiger charge is 2.30. The van der Waals surface area contributed by atoms with Gasteiger partial charge in [-0.25, -0.2) is 8.42 Å². The molecule has 30 heavy (non-hydrogen) atoms. The van der Waals surface area contributed by atoms with E-state index in [9.17, 15) is 13.2 Å². The van der Waals surface area contributed by atoms with Crippen LogP contribution in [-0.2, 0) is 27.6 Å². The van der Waals surface area contributed by atoms with Crippen LogP contribution in [0.5, 0.6) is 0 Å². The molecule has 6 heteroatoms. The molecule has 0 spiro atoms. The van der Waals surface area contributed by atoms with Gasteiger partial charge in [0.15, 0.2) is 0 Å². The van der Waals surface area contributed by atoms with Gasteiger partial charge in [0.25, 0.3) is 0 Å². The first-order chi connectivity index (χ1) is 14.3. The predicted molar refractivity (Wildman–Crippen MR) is 120 cm³/mol. The Bertz CT molecular complexity index is 1150. The summed E-state index contributed by atoms with van der Waals surface area (Å²) in [6, 6.07) is 16.2. The van der Waals surface area contributed by atoms with Crippen molar-refractivity contribution in [1.82, 2.24) is 4.57 Å². The van der Waals surface area contributed by atoms with Crippen molar-refractivity contribution in [3.05, 3.63) is 77.0 Å². The summed E-state index contributed by atoms with van der Waals surface area (Å²) in [7, 11) is -3.79. The minimum absolute atomic E-state index is 0.179. The normalized spacial score (nSPS) is 11.5. The van der Waals surface area contributed by atoms with Gasteiger partial charge >= 0.3 is 0 Å². The monoisotopic (exact) mass is 424 g/mol. The molecule has 0 aliphatic rings. The highest BCUT2D eigenvalue weighted by atomic mass is 32.2. The number of sulfone groups is 1. The average Bonchev–Trinajstić information content (AvgIpc) is 2.94. The maximum absolute atomic E-state index is 13.5. The Morgan fingerprint density at radius 2 is 1.60 bits per heavy atom. The van der Waals surface area contributed by atoms with Crippen LogP contribution < -0.4 is 5.32 Å². The SMILES string of the molecule is CCCn1c(C)c(C)c(S(=O)(=O)c2ccc(C)cc2)c1NC(=O)Cc1ccccc1. The van der Waals surface area contributed by atoms with E-state index < -0.39 is 9.84 Å². The van der Waals surface area contributed by atoms with Crippen molar-refractivity contribution >= 4 is 21.6 Å². The molecule has 0 radical (unpaired) electrons. The van der Waals surface area contributed by atoms with E-state index in [1.54, 1.807) is 31.2 Å². The Morgan fingerprint density at radius 1 is 0.967 bits per heavy atom. The standard InChI is InChI=1S/C24H28N2O3S/c1-5-15-26-19(4)18(3)23(30(28,29)21-13-11-17(2)12-14-21)24(26)25-22(27)16-20-9-7-6-8-10-20/h6-14H,5,15-16H2,1-4H3,(H,25,27). The molecular weight excluding hydrogens is 396 g/mol. The molecule has 2 aromatic carbocycles. The molecule has 158 valence electrons. The molecular formula is C24H28N2O3S. The first-order valence-corrected chi connectivity index (χ1v) is 11.6. The van der Waals surface area contributed by atoms with Gasteiger partial charge in [0, 0.05) is 12.2 Å². The Balaban J connectivity index is 2.08. The van der Waals surface area contributed by atoms with Crippen molar-refractivity contribution < 1.29 is 13.2 Å². The van der Waals surface area contributed by atoms with E-state index in [2.05, 4.69) is 5.32 Å². The van der Waals surface area contributed by atoms with Gasteiger partial charge in [0.2, 0.25) is 15.7 Å². The molecule has 0 aliphatic carbocycles. The largest absolute Gasteiger partial charge is 0.331 e. The van der Waals surface area contributed by atoms with Crippen LogP contribution in [0.3, 0.4) is 0 Å². The van der Waals surface area contributed by atoms with Crippen molar-refractivity contribution in [2.45, 2.75) is 56.9 Å². The number of anilines is 1. The number of aryl methyl sites for hydroxylation is 1. The van der Waals surface area contributed by atoms with Crippen LogP contribution in [0, 0.1) is 20.8 Å². The fraction of sp³-hybridized carbons (Fsp3) is 0.292. The molecule has 3 aromatic rings. The third-order valence-electron chi connectivity index (χ3n) is 5.29. The minimum atomic E-state index is -3.79. The van der Waals surface area contributed by atoms with Crippen LogP contribution in [0.1, 0.15) is 35.7 Å². The maximum atomic E-state index is 13.5. The zero-order chi connectivity index (χ0) is 21.9. The summed E-state index contributed by atoms with van der Waals surface area (Å²) < 4.78 is 29.0. The number of aromatic nitrogens is 1. The summed E-state index contributed by atoms with van der Waals surface area (Å²) >= 11 is 0. The molecule has 1 heterocycles. The summed E-state index contributed by atoms with van der Waals surface area (Å²) in [4.78, 5) is 13.2. The quantitative estimate of drug-likeness (QED) is 0.590. The smallest absolute Gasteiger partial charge is 0.229 e. The topological polar surface area (TPSA) is 68.2 Å². The van der Waals surface area contributed by atoms with Gasteiger partial charge in [-0.05, 0) is 50.5 Å². The van der Waals surface area contributed by atoms with Gasteiger partial charge < -0.3 is 9.88 Å². The molecule has 1 amide bonds. The zero-order valence-electron chi connectivity index (χ0n) is 17.9. The predicted octanol–water partition coefficient (Wildman–Crippen LogP) is 4.84. The fourth-order valence-electron chi connectivity index (χ4n) is 3.58. The molecule has 0 saturated carbocycles. The summed E-state index contributed by atoms with van der Waals surface area (Å²) in [5, 5.41) is 2.91. The Labute approximate surface area is 178 Å². The molecule has 0 aliphatic heterocycles. The zero-order valence-corrected chi connectivity index (χ0v) is 18.7. The molecule has 1 aromatic heterocycles. The first kappa shape index (κ1) is 21.8. The lowest BCUT2D eigenvalue weighted by atomic mass is 10.1. The minimum Gasteiger partial charge on any atom is -0.331 e. The second kappa shape index (κ2) is 8.88. The van der Waals surface area contributed by atoms with Gasteiger partial charge in [-0.15, -0.1) is 0 Å². The lowest BCUT2D eigenvalue weighted by Gasteiger charge is -2.14. The molecule has 0 unspecified atom stereocenters. The third-order valence-corrected chi connectivity index (χ3v) is 7.22. The summed E-state index contributed by atoms with van der Waals surface area (Å²) in [6.07, 6.45) is 1.00. The van der Waals surface area contributed by atoms with E-state index in [4.69, 9.17) is 0 Å². The van der Waals surface area contributed by atoms with Crippen LogP contribution in [0.4, 0.5) is 5.82 Å². The molecule has 1 N–H and O–H groups in total. The molecule has 0 saturated heterocycles. The van der Waals surface area contributed by atoms with E-state index in [0.29, 0.717) is 17.9 Å². The molecule has 3 rings (SSSR count). The van der Waals surface area contributed by atoms with Gasteiger partial charge in [-0.1, -0.05) is 55.0 Å². The number of rotatable bonds is 7. The summed E-state index contributed by atoms with van der Waals surface area (Å²) in [5.41, 5.74) is 3.37. The van der Waals surface area contributed by atoms with E-state index in [1.165, 1.54) is 0 Å². The lowest BCUT2D eigenvalue weighted by Crippen LogP contribution is -2.19. The molecule has 5 nitrogen and oxygen atoms in total. The molecule has 0 bridgehead atoms. The molecule has 0 atom stereocenters. The van der Waals surface area contributed by atoms with E-state index >= 15 is 0 Å². The number of benzene rings is 2. The number of carbonyl (C=O) groups is 1. The van der Waals surface area contributed by atoms with Crippen LogP contribution in [-0.4, -0.2) is 18.9 Å². The van der Waals surface area contributed by atoms with Crippen molar-refractivity contribution in [3.63, 3.8) is 0 Å². The summed E-state index contributed by atoms with van der Waals surface area (Å²) in [5.74, 6) is 0.116. The Morgan fingerprint density at radius 3 is 2.20 bits per heavy atom. The number of amides is 1. The second-order valence-corrected chi connectivity index (χ2v) is 9.45. The van der Waals surface area contributed by atoms with Gasteiger partial charge in [-0.2, -0.15) is 0 Å². The number of nitrogens with zero attached hydrogens (tertiary/aromatic N) is 1. The third kappa shape index (κ3) is 4.33. The summed E-state index contributed by atoms with van der Waals surface area (Å²) in [6.45, 7) is 8.26. The molecule has 0 fully saturated rings. The lowest BCUT2D eigenvalue weighted by molar-refractivity contribution is -0.115. The van der Waals surface area contributed by atoms with Gasteiger partial charge in [0.05, 0.1) is 11.3 Å². The van der Waals surface area contributed by atoms with Crippen molar-refractivity contribution in [2.75, 3.05) is 5.32 Å². The number of hydrogen-bond acceptors (Lipinski definition) is 3. The average molecular weight is 425 g/mol. The highest BCUT2D eigenvalue weighted by molar-refractivity contribution is 7.91. The number of hydrogen-bond donors (Lipinski definition) is 1. The van der Waals surface area contributed by atoms with Crippen molar-refractivity contribution in [1.29, 1.82) is 0 Å². The second-order valence-electron chi connectivity index (χ2n) is 7.57. The van der Waals surface area contributed by atoms with Crippen LogP contribution in [0.25, 0.3) is 0 Å². The van der Waals surface area contributed by atoms with E-state index in [-0.39, 0.29) is 22.1 Å². The van der Waals surface area contributed by atoms with Gasteiger partial charge in [0.1, 0.15) is 10.7 Å². The van der Waals surface area contributed by atoms with Crippen molar-refractivity contribution in [3.8, 4) is 0 Å². The number of nitrogens with one attached hydrogen (secondary N) is 1.